The lowest BCUT2D eigenvalue weighted by Crippen LogP contribution is -2.34. The molecule has 10 aromatic carbocycles. The molecule has 10 aromatic heterocycles. The van der Waals surface area contributed by atoms with Crippen LogP contribution in [0.2, 0.25) is 0 Å². The van der Waals surface area contributed by atoms with Gasteiger partial charge in [0.25, 0.3) is 0 Å². The van der Waals surface area contributed by atoms with Gasteiger partial charge in [-0.25, -0.2) is 34.9 Å². The average molecular weight is 1830 g/mol. The molecule has 25 rings (SSSR count). The number of fused-ring (bicyclic) bond motifs is 20. The lowest BCUT2D eigenvalue weighted by Gasteiger charge is -2.25. The minimum atomic E-state index is -2.50. The summed E-state index contributed by atoms with van der Waals surface area (Å²) in [5.41, 5.74) is 20.5. The minimum Gasteiger partial charge on any atom is -0.454 e. The van der Waals surface area contributed by atoms with E-state index in [4.69, 9.17) is 38.5 Å². The SMILES string of the molecule is CC.CC.CC.CC.CC.[2H]C(C)(C)N1CN(c2c(C)ccc3c2oc2ccccc23)c2cccnc21.[2H]C(C)(C)N1CN(c2c(C)ccc3c2oc2ccccc23)c2nccnc21.[2H]C([2H])([2H])C([2H])(C)N1CN(c2c(C)ccc3c2oc2ccccc23)c2cccnc21.[2H]C([2H])([2H])N1CN(c2c(C)ccc3c2oc2ccccc23)c2cccnc21.[2H]C([2H])([2H])N1CN(c2c(C)ccc3c2oc2ccccc23)c2nccnc21. The van der Waals surface area contributed by atoms with Gasteiger partial charge in [0.2, 0.25) is 0 Å². The summed E-state index contributed by atoms with van der Waals surface area (Å²) in [5, 5.41) is 10.5. The average Bonchev–Trinajstić information content (AvgIpc) is 1.63. The zero-order valence-corrected chi connectivity index (χ0v) is 81.0. The van der Waals surface area contributed by atoms with E-state index < -0.39 is 38.9 Å². The van der Waals surface area contributed by atoms with Crippen LogP contribution in [-0.4, -0.2) is 100 Å². The number of pyridine rings is 3. The maximum atomic E-state index is 8.64. The van der Waals surface area contributed by atoms with Crippen molar-refractivity contribution in [3.8, 4) is 0 Å². The van der Waals surface area contributed by atoms with E-state index in [1.807, 2.05) is 306 Å². The van der Waals surface area contributed by atoms with Crippen molar-refractivity contribution in [2.24, 2.45) is 0 Å². The van der Waals surface area contributed by atoms with Gasteiger partial charge < -0.3 is 71.1 Å². The van der Waals surface area contributed by atoms with E-state index in [1.54, 1.807) is 37.2 Å². The molecule has 0 amide bonds. The Kier molecular flexibility index (Phi) is 23.8. The third-order valence-electron chi connectivity index (χ3n) is 24.1. The molecule has 1 atom stereocenters. The summed E-state index contributed by atoms with van der Waals surface area (Å²) in [6.45, 7) is 33.6. The van der Waals surface area contributed by atoms with Crippen molar-refractivity contribution in [2.75, 3.05) is 96.3 Å². The molecule has 5 aliphatic heterocycles. The zero-order chi connectivity index (χ0) is 106. The van der Waals surface area contributed by atoms with Gasteiger partial charge in [0.1, 0.15) is 27.9 Å². The number of furan rings is 5. The Labute approximate surface area is 814 Å². The summed E-state index contributed by atoms with van der Waals surface area (Å²) in [4.78, 5) is 49.4. The third kappa shape index (κ3) is 17.0. The molecule has 0 radical (unpaired) electrons. The molecule has 22 heteroatoms. The maximum Gasteiger partial charge on any atom is 0.178 e. The second-order valence-corrected chi connectivity index (χ2v) is 32.4. The van der Waals surface area contributed by atoms with Gasteiger partial charge in [0.05, 0.1) is 83.0 Å². The van der Waals surface area contributed by atoms with Crippen molar-refractivity contribution >= 4 is 196 Å². The Morgan fingerprint density at radius 1 is 0.243 bits per heavy atom. The molecule has 0 N–H and O–H groups in total. The van der Waals surface area contributed by atoms with Crippen LogP contribution in [0, 0.1) is 34.6 Å². The fourth-order valence-electron chi connectivity index (χ4n) is 18.2. The second kappa shape index (κ2) is 40.7. The Morgan fingerprint density at radius 3 is 0.816 bits per heavy atom. The first-order valence-electron chi connectivity index (χ1n) is 52.8. The number of aromatic nitrogens is 7. The van der Waals surface area contributed by atoms with Gasteiger partial charge in [-0.05, 0) is 171 Å². The number of hydrogen-bond donors (Lipinski definition) is 0. The molecule has 0 bridgehead atoms. The summed E-state index contributed by atoms with van der Waals surface area (Å²) >= 11 is 0. The lowest BCUT2D eigenvalue weighted by atomic mass is 10.1. The van der Waals surface area contributed by atoms with E-state index in [1.165, 1.54) is 27.8 Å². The number of aryl methyl sites for hydroxylation is 5. The van der Waals surface area contributed by atoms with Crippen molar-refractivity contribution in [1.82, 2.24) is 34.9 Å². The molecular weight excluding hydrogens is 1690 g/mol. The molecule has 20 aromatic rings. The fraction of sp³-hybridized carbons (Fsp3) is 0.272. The van der Waals surface area contributed by atoms with Crippen molar-refractivity contribution < 1.29 is 38.5 Å². The third-order valence-corrected chi connectivity index (χ3v) is 24.1. The molecule has 15 heterocycles. The Morgan fingerprint density at radius 2 is 0.485 bits per heavy atom. The van der Waals surface area contributed by atoms with E-state index in [-0.39, 0.29) is 20.0 Å². The van der Waals surface area contributed by atoms with Gasteiger partial charge in [-0.3, -0.25) is 0 Å². The van der Waals surface area contributed by atoms with Crippen LogP contribution in [0.25, 0.3) is 110 Å². The highest BCUT2D eigenvalue weighted by Gasteiger charge is 2.38. The number of nitrogens with zero attached hydrogens (tertiary/aromatic N) is 17. The van der Waals surface area contributed by atoms with Crippen molar-refractivity contribution in [3.05, 3.63) is 290 Å². The summed E-state index contributed by atoms with van der Waals surface area (Å²) < 4.78 is 128. The highest BCUT2D eigenvalue weighted by atomic mass is 16.3. The van der Waals surface area contributed by atoms with Crippen LogP contribution in [0.15, 0.2) is 284 Å². The quantitative estimate of drug-likeness (QED) is 0.140. The zero-order valence-electron chi connectivity index (χ0n) is 93.0. The van der Waals surface area contributed by atoms with Gasteiger partial charge in [-0.2, -0.15) is 0 Å². The van der Waals surface area contributed by atoms with Crippen molar-refractivity contribution in [1.29, 1.82) is 0 Å². The van der Waals surface area contributed by atoms with Crippen LogP contribution in [0.1, 0.15) is 155 Å². The van der Waals surface area contributed by atoms with Crippen molar-refractivity contribution in [2.45, 2.75) is 163 Å². The highest BCUT2D eigenvalue weighted by molar-refractivity contribution is 6.15. The van der Waals surface area contributed by atoms with E-state index in [0.29, 0.717) is 36.6 Å². The molecular formula is C114H125N17O5. The normalized spacial score (nSPS) is 15.3. The molecule has 0 saturated heterocycles. The first-order valence-corrected chi connectivity index (χ1v) is 46.8. The molecule has 136 heavy (non-hydrogen) atoms. The van der Waals surface area contributed by atoms with Crippen LogP contribution in [0.3, 0.4) is 0 Å². The van der Waals surface area contributed by atoms with E-state index in [9.17, 15) is 0 Å². The molecule has 0 fully saturated rings. The number of rotatable bonds is 8. The molecule has 0 aliphatic carbocycles. The standard InChI is InChI=1S/2C22H21N3O.C21H20N4O.C20H17N3O.C19H16N4O.5C2H6/c2*1-14(2)24-13-25(18-8-6-12-23-22(18)24)20-15(3)10-11-17-16-7-4-5-9-19(16)26-21(17)20;1-13(2)24-12-25(21-20(24)22-10-11-23-21)18-14(3)8-9-16-15-6-4-5-7-17(15)26-19(16)18;1-13-9-10-15-14-6-3-4-8-17(14)24-19(15)18(13)23-12-22(2)20-16(23)7-5-11-21-20;1-12-7-8-14-13-5-3-4-6-15(13)24-17(14)16(12)23-11-22(2)18-19(23)21-10-9-20-18;5*1-2/h2*4-12,14H,13H2,1-3H3;4-11,13H,12H2,1-3H3;3-11H,12H2,1-2H3;3-10H,11H2,1-2H3;5*1-2H3/i1D3,14D;14D;13D;2*2D3;;;;;. The Hall–Kier alpha value is -15.2. The molecule has 0 saturated carbocycles. The molecule has 0 spiro atoms. The van der Waals surface area contributed by atoms with Gasteiger partial charge >= 0.3 is 0 Å². The smallest absolute Gasteiger partial charge is 0.178 e. The second-order valence-electron chi connectivity index (χ2n) is 32.4. The molecule has 696 valence electrons. The van der Waals surface area contributed by atoms with Gasteiger partial charge in [0.15, 0.2) is 68.6 Å². The van der Waals surface area contributed by atoms with Crippen LogP contribution < -0.4 is 49.0 Å². The van der Waals surface area contributed by atoms with E-state index in [0.717, 1.165) is 200 Å². The topological polar surface area (TPSA) is 188 Å². The predicted octanol–water partition coefficient (Wildman–Crippen LogP) is 30.4. The predicted molar refractivity (Wildman–Crippen MR) is 570 cm³/mol. The molecule has 1 unspecified atom stereocenters. The number of benzene rings is 10. The number of para-hydroxylation sites is 5. The van der Waals surface area contributed by atoms with Crippen LogP contribution in [-0.2, 0) is 0 Å². The lowest BCUT2D eigenvalue weighted by molar-refractivity contribution is 0.664. The van der Waals surface area contributed by atoms with Gasteiger partial charge in [-0.1, -0.05) is 221 Å². The highest BCUT2D eigenvalue weighted by Crippen LogP contribution is 2.52. The number of hydrogen-bond acceptors (Lipinski definition) is 22. The maximum absolute atomic E-state index is 8.64. The summed E-state index contributed by atoms with van der Waals surface area (Å²) in [6, 6.07) is 68.7. The summed E-state index contributed by atoms with van der Waals surface area (Å²) in [5.74, 6) is 4.14. The van der Waals surface area contributed by atoms with Gasteiger partial charge in [-0.15, -0.1) is 0 Å². The largest absolute Gasteiger partial charge is 0.454 e. The first-order chi connectivity index (χ1) is 71.0. The van der Waals surface area contributed by atoms with E-state index >= 15 is 0 Å². The Balaban J connectivity index is 0.000000129. The summed E-state index contributed by atoms with van der Waals surface area (Å²) in [7, 11) is 0. The summed E-state index contributed by atoms with van der Waals surface area (Å²) in [6.07, 6.45) is 11.5. The van der Waals surface area contributed by atoms with Crippen LogP contribution in [0.5, 0.6) is 0 Å². The fourth-order valence-corrected chi connectivity index (χ4v) is 18.2. The minimum absolute atomic E-state index is 0.132. The van der Waals surface area contributed by atoms with E-state index in [2.05, 4.69) is 113 Å². The molecule has 5 aliphatic rings. The van der Waals surface area contributed by atoms with Crippen LogP contribution >= 0.6 is 0 Å². The first kappa shape index (κ1) is 79.4. The Bertz CT molecular complexity index is 7460. The van der Waals surface area contributed by atoms with Crippen LogP contribution in [0.4, 0.5) is 86.2 Å². The molecule has 22 nitrogen and oxygen atoms in total. The monoisotopic (exact) mass is 1820 g/mol. The van der Waals surface area contributed by atoms with Crippen molar-refractivity contribution in [3.63, 3.8) is 0 Å². The van der Waals surface area contributed by atoms with Gasteiger partial charge in [0, 0.05) is 142 Å². The number of anilines is 15.